The third-order valence-corrected chi connectivity index (χ3v) is 5.09. The highest BCUT2D eigenvalue weighted by Crippen LogP contribution is 2.54. The van der Waals surface area contributed by atoms with E-state index in [9.17, 15) is 4.79 Å². The van der Waals surface area contributed by atoms with Crippen molar-refractivity contribution in [2.75, 3.05) is 20.8 Å². The van der Waals surface area contributed by atoms with Crippen LogP contribution in [0.3, 0.4) is 0 Å². The van der Waals surface area contributed by atoms with Gasteiger partial charge in [0.15, 0.2) is 0 Å². The van der Waals surface area contributed by atoms with E-state index >= 15 is 0 Å². The molecule has 0 radical (unpaired) electrons. The van der Waals surface area contributed by atoms with Crippen molar-refractivity contribution in [1.82, 2.24) is 9.88 Å². The second kappa shape index (κ2) is 5.14. The summed E-state index contributed by atoms with van der Waals surface area (Å²) in [6, 6.07) is 2.40. The molecule has 2 fully saturated rings. The van der Waals surface area contributed by atoms with Crippen LogP contribution in [0.1, 0.15) is 36.3 Å². The van der Waals surface area contributed by atoms with Crippen LogP contribution < -0.4 is 0 Å². The first-order valence-electron chi connectivity index (χ1n) is 7.52. The van der Waals surface area contributed by atoms with Gasteiger partial charge in [-0.2, -0.15) is 0 Å². The molecule has 1 N–H and O–H groups in total. The highest BCUT2D eigenvalue weighted by molar-refractivity contribution is 5.87. The molecule has 2 heterocycles. The van der Waals surface area contributed by atoms with Gasteiger partial charge in [-0.1, -0.05) is 13.8 Å². The molecule has 1 aromatic rings. The molecule has 1 aliphatic heterocycles. The lowest BCUT2D eigenvalue weighted by Crippen LogP contribution is -2.65. The fourth-order valence-corrected chi connectivity index (χ4v) is 4.34. The minimum atomic E-state index is -0.322. The Morgan fingerprint density at radius 1 is 1.57 bits per heavy atom. The van der Waals surface area contributed by atoms with Crippen molar-refractivity contribution in [3.63, 3.8) is 0 Å². The van der Waals surface area contributed by atoms with Crippen LogP contribution in [0.4, 0.5) is 0 Å². The van der Waals surface area contributed by atoms with E-state index < -0.39 is 0 Å². The van der Waals surface area contributed by atoms with Gasteiger partial charge in [-0.25, -0.2) is 4.79 Å². The number of H-pyrrole nitrogens is 1. The maximum absolute atomic E-state index is 11.5. The van der Waals surface area contributed by atoms with E-state index in [-0.39, 0.29) is 11.4 Å². The fraction of sp³-hybridized carbons (Fsp3) is 0.688. The van der Waals surface area contributed by atoms with Crippen LogP contribution in [0.2, 0.25) is 0 Å². The third-order valence-electron chi connectivity index (χ3n) is 5.09. The summed E-state index contributed by atoms with van der Waals surface area (Å²) in [6.45, 7) is 6.29. The molecule has 0 amide bonds. The zero-order valence-corrected chi connectivity index (χ0v) is 13.2. The Bertz CT molecular complexity index is 537. The summed E-state index contributed by atoms with van der Waals surface area (Å²) < 4.78 is 10.6. The molecule has 0 bridgehead atoms. The lowest BCUT2D eigenvalue weighted by Gasteiger charge is -2.58. The smallest absolute Gasteiger partial charge is 0.354 e. The molecule has 21 heavy (non-hydrogen) atoms. The van der Waals surface area contributed by atoms with E-state index in [0.717, 1.165) is 25.1 Å². The van der Waals surface area contributed by atoms with E-state index in [1.54, 1.807) is 0 Å². The number of carbonyl (C=O) groups excluding carboxylic acids is 1. The second-order valence-corrected chi connectivity index (χ2v) is 6.84. The summed E-state index contributed by atoms with van der Waals surface area (Å²) in [7, 11) is 3.55. The lowest BCUT2D eigenvalue weighted by molar-refractivity contribution is -0.151. The fourth-order valence-electron chi connectivity index (χ4n) is 4.34. The Morgan fingerprint density at radius 3 is 3.05 bits per heavy atom. The van der Waals surface area contributed by atoms with Crippen molar-refractivity contribution >= 4 is 5.97 Å². The van der Waals surface area contributed by atoms with Crippen LogP contribution in [-0.4, -0.2) is 48.8 Å². The van der Waals surface area contributed by atoms with Gasteiger partial charge < -0.3 is 14.5 Å². The van der Waals surface area contributed by atoms with Crippen molar-refractivity contribution < 1.29 is 14.3 Å². The van der Waals surface area contributed by atoms with Crippen LogP contribution >= 0.6 is 0 Å². The van der Waals surface area contributed by atoms with Crippen LogP contribution in [-0.2, 0) is 16.0 Å². The van der Waals surface area contributed by atoms with E-state index in [1.807, 2.05) is 12.3 Å². The number of aromatic amines is 1. The number of fused-ring (bicyclic) bond motifs is 1. The number of esters is 1. The van der Waals surface area contributed by atoms with E-state index in [1.165, 1.54) is 7.11 Å². The van der Waals surface area contributed by atoms with E-state index in [2.05, 4.69) is 30.8 Å². The molecule has 0 unspecified atom stereocenters. The summed E-state index contributed by atoms with van der Waals surface area (Å²) in [5, 5.41) is 0. The average molecular weight is 292 g/mol. The molecule has 1 aromatic heterocycles. The summed E-state index contributed by atoms with van der Waals surface area (Å²) >= 11 is 0. The number of hydrogen-bond acceptors (Lipinski definition) is 4. The predicted molar refractivity (Wildman–Crippen MR) is 79.0 cm³/mol. The van der Waals surface area contributed by atoms with Gasteiger partial charge in [-0.15, -0.1) is 0 Å². The van der Waals surface area contributed by atoms with Gasteiger partial charge >= 0.3 is 5.97 Å². The molecule has 3 rings (SSSR count). The van der Waals surface area contributed by atoms with Gasteiger partial charge in [0, 0.05) is 36.7 Å². The minimum Gasteiger partial charge on any atom is -0.464 e. The number of ether oxygens (including phenoxy) is 2. The van der Waals surface area contributed by atoms with E-state index in [4.69, 9.17) is 9.47 Å². The molecule has 1 aliphatic carbocycles. The number of aromatic nitrogens is 1. The Kier molecular flexibility index (Phi) is 3.58. The molecule has 2 aliphatic rings. The first-order chi connectivity index (χ1) is 9.95. The monoisotopic (exact) mass is 292 g/mol. The van der Waals surface area contributed by atoms with Gasteiger partial charge in [-0.05, 0) is 25.1 Å². The average Bonchev–Trinajstić information content (AvgIpc) is 3.05. The van der Waals surface area contributed by atoms with Gasteiger partial charge in [0.2, 0.25) is 0 Å². The zero-order chi connectivity index (χ0) is 15.2. The molecule has 0 spiro atoms. The largest absolute Gasteiger partial charge is 0.464 e. The lowest BCUT2D eigenvalue weighted by atomic mass is 9.57. The van der Waals surface area contributed by atoms with Gasteiger partial charge in [-0.3, -0.25) is 4.90 Å². The molecule has 3 atom stereocenters. The van der Waals surface area contributed by atoms with Crippen molar-refractivity contribution in [3.05, 3.63) is 23.5 Å². The SMILES string of the molecule is COC(=O)c1cc(CN(C)[C@@H]2[C@H]3CCO[C@H]3C2(C)C)c[nH]1. The maximum Gasteiger partial charge on any atom is 0.354 e. The number of nitrogens with one attached hydrogen (secondary N) is 1. The van der Waals surface area contributed by atoms with E-state index in [0.29, 0.717) is 23.8 Å². The topological polar surface area (TPSA) is 54.6 Å². The maximum atomic E-state index is 11.5. The van der Waals surface area contributed by atoms with Crippen molar-refractivity contribution in [1.29, 1.82) is 0 Å². The highest BCUT2D eigenvalue weighted by atomic mass is 16.5. The minimum absolute atomic E-state index is 0.192. The number of rotatable bonds is 4. The predicted octanol–water partition coefficient (Wildman–Crippen LogP) is 2.05. The Morgan fingerprint density at radius 2 is 2.33 bits per heavy atom. The molecule has 116 valence electrons. The van der Waals surface area contributed by atoms with Gasteiger partial charge in [0.25, 0.3) is 0 Å². The summed E-state index contributed by atoms with van der Waals surface area (Å²) in [5.74, 6) is 0.321. The molecular formula is C16H24N2O3. The summed E-state index contributed by atoms with van der Waals surface area (Å²) in [5.41, 5.74) is 1.81. The number of methoxy groups -OCH3 is 1. The number of nitrogens with zero attached hydrogens (tertiary/aromatic N) is 1. The van der Waals surface area contributed by atoms with Crippen LogP contribution in [0.5, 0.6) is 0 Å². The van der Waals surface area contributed by atoms with Crippen molar-refractivity contribution in [2.24, 2.45) is 11.3 Å². The number of carbonyl (C=O) groups is 1. The normalized spacial score (nSPS) is 30.0. The van der Waals surface area contributed by atoms with Crippen LogP contribution in [0, 0.1) is 11.3 Å². The molecular weight excluding hydrogens is 268 g/mol. The Hall–Kier alpha value is -1.33. The van der Waals surface area contributed by atoms with Gasteiger partial charge in [0.05, 0.1) is 13.2 Å². The number of hydrogen-bond donors (Lipinski definition) is 1. The third kappa shape index (κ3) is 2.28. The standard InChI is InChI=1S/C16H24N2O3/c1-16(2)13(11-5-6-21-14(11)16)18(3)9-10-7-12(17-8-10)15(19)20-4/h7-8,11,13-14,17H,5-6,9H2,1-4H3/t11-,13-,14-/m1/s1. The van der Waals surface area contributed by atoms with Crippen LogP contribution in [0.25, 0.3) is 0 Å². The molecule has 1 saturated carbocycles. The quantitative estimate of drug-likeness (QED) is 0.863. The Balaban J connectivity index is 1.68. The van der Waals surface area contributed by atoms with Gasteiger partial charge in [0.1, 0.15) is 5.69 Å². The summed E-state index contributed by atoms with van der Waals surface area (Å²) in [6.07, 6.45) is 3.45. The zero-order valence-electron chi connectivity index (χ0n) is 13.2. The second-order valence-electron chi connectivity index (χ2n) is 6.84. The van der Waals surface area contributed by atoms with Crippen LogP contribution in [0.15, 0.2) is 12.3 Å². The first-order valence-corrected chi connectivity index (χ1v) is 7.52. The molecule has 1 saturated heterocycles. The van der Waals surface area contributed by atoms with Crippen molar-refractivity contribution in [2.45, 2.75) is 39.0 Å². The van der Waals surface area contributed by atoms with Crippen molar-refractivity contribution in [3.8, 4) is 0 Å². The molecule has 5 nitrogen and oxygen atoms in total. The molecule has 5 heteroatoms. The molecule has 0 aromatic carbocycles. The highest BCUT2D eigenvalue weighted by Gasteiger charge is 2.60. The Labute approximate surface area is 125 Å². The summed E-state index contributed by atoms with van der Waals surface area (Å²) in [4.78, 5) is 16.8. The first kappa shape index (κ1) is 14.6.